The number of carbonyl (C=O) groups is 2. The standard InChI is InChI=1S/C13H22N2O3/c1-9-8-11(2-5-14-9)12(16)15-6-3-10(4-7-15)13(17)18/h9-11,14H,2-8H2,1H3,(H,17,18). The third kappa shape index (κ3) is 3.02. The van der Waals surface area contributed by atoms with Crippen LogP contribution in [0.5, 0.6) is 0 Å². The van der Waals surface area contributed by atoms with Crippen molar-refractivity contribution in [3.8, 4) is 0 Å². The van der Waals surface area contributed by atoms with Crippen molar-refractivity contribution in [3.63, 3.8) is 0 Å². The largest absolute Gasteiger partial charge is 0.481 e. The Morgan fingerprint density at radius 2 is 1.83 bits per heavy atom. The summed E-state index contributed by atoms with van der Waals surface area (Å²) in [7, 11) is 0. The van der Waals surface area contributed by atoms with Crippen LogP contribution in [0.4, 0.5) is 0 Å². The second-order valence-corrected chi connectivity index (χ2v) is 5.51. The van der Waals surface area contributed by atoms with Crippen molar-refractivity contribution < 1.29 is 14.7 Å². The van der Waals surface area contributed by atoms with Gasteiger partial charge in [0.15, 0.2) is 0 Å². The van der Waals surface area contributed by atoms with Gasteiger partial charge in [0.05, 0.1) is 5.92 Å². The number of hydrogen-bond acceptors (Lipinski definition) is 3. The van der Waals surface area contributed by atoms with Crippen LogP contribution in [0, 0.1) is 11.8 Å². The Morgan fingerprint density at radius 3 is 2.39 bits per heavy atom. The van der Waals surface area contributed by atoms with E-state index in [-0.39, 0.29) is 17.7 Å². The van der Waals surface area contributed by atoms with E-state index in [2.05, 4.69) is 12.2 Å². The molecule has 5 nitrogen and oxygen atoms in total. The highest BCUT2D eigenvalue weighted by molar-refractivity contribution is 5.79. The zero-order valence-electron chi connectivity index (χ0n) is 10.9. The van der Waals surface area contributed by atoms with Crippen LogP contribution in [-0.4, -0.2) is 47.6 Å². The van der Waals surface area contributed by atoms with Crippen molar-refractivity contribution in [2.75, 3.05) is 19.6 Å². The summed E-state index contributed by atoms with van der Waals surface area (Å²) in [6.07, 6.45) is 3.00. The van der Waals surface area contributed by atoms with Gasteiger partial charge in [0.2, 0.25) is 5.91 Å². The van der Waals surface area contributed by atoms with Crippen molar-refractivity contribution in [3.05, 3.63) is 0 Å². The molecule has 2 saturated heterocycles. The summed E-state index contributed by atoms with van der Waals surface area (Å²) in [4.78, 5) is 25.1. The Balaban J connectivity index is 1.85. The van der Waals surface area contributed by atoms with Gasteiger partial charge in [-0.2, -0.15) is 0 Å². The van der Waals surface area contributed by atoms with E-state index in [1.807, 2.05) is 4.90 Å². The van der Waals surface area contributed by atoms with Crippen LogP contribution in [0.2, 0.25) is 0 Å². The topological polar surface area (TPSA) is 69.6 Å². The number of aliphatic carboxylic acids is 1. The normalized spacial score (nSPS) is 30.2. The molecular formula is C13H22N2O3. The van der Waals surface area contributed by atoms with E-state index >= 15 is 0 Å². The Morgan fingerprint density at radius 1 is 1.17 bits per heavy atom. The third-order valence-electron chi connectivity index (χ3n) is 4.13. The number of carboxylic acid groups (broad SMARTS) is 1. The number of piperidine rings is 2. The quantitative estimate of drug-likeness (QED) is 0.761. The lowest BCUT2D eigenvalue weighted by Gasteiger charge is -2.35. The van der Waals surface area contributed by atoms with Crippen molar-refractivity contribution in [2.45, 2.75) is 38.6 Å². The second kappa shape index (κ2) is 5.69. The van der Waals surface area contributed by atoms with Gasteiger partial charge >= 0.3 is 5.97 Å². The van der Waals surface area contributed by atoms with E-state index in [0.29, 0.717) is 32.0 Å². The molecule has 2 aliphatic rings. The molecule has 2 aliphatic heterocycles. The van der Waals surface area contributed by atoms with Crippen molar-refractivity contribution in [1.82, 2.24) is 10.2 Å². The van der Waals surface area contributed by atoms with E-state index in [1.54, 1.807) is 0 Å². The minimum atomic E-state index is -0.724. The number of nitrogens with one attached hydrogen (secondary N) is 1. The molecule has 0 aromatic heterocycles. The summed E-state index contributed by atoms with van der Waals surface area (Å²) in [5.41, 5.74) is 0. The number of hydrogen-bond donors (Lipinski definition) is 2. The van der Waals surface area contributed by atoms with Crippen molar-refractivity contribution in [2.24, 2.45) is 11.8 Å². The minimum Gasteiger partial charge on any atom is -0.481 e. The van der Waals surface area contributed by atoms with E-state index in [9.17, 15) is 9.59 Å². The lowest BCUT2D eigenvalue weighted by molar-refractivity contribution is -0.147. The van der Waals surface area contributed by atoms with Gasteiger partial charge in [0.1, 0.15) is 0 Å². The fourth-order valence-corrected chi connectivity index (χ4v) is 2.96. The molecular weight excluding hydrogens is 232 g/mol. The zero-order chi connectivity index (χ0) is 13.1. The summed E-state index contributed by atoms with van der Waals surface area (Å²) in [6.45, 7) is 4.22. The molecule has 2 unspecified atom stereocenters. The lowest BCUT2D eigenvalue weighted by Crippen LogP contribution is -2.47. The van der Waals surface area contributed by atoms with E-state index in [0.717, 1.165) is 19.4 Å². The molecule has 0 aromatic carbocycles. The highest BCUT2D eigenvalue weighted by Crippen LogP contribution is 2.23. The maximum absolute atomic E-state index is 12.3. The smallest absolute Gasteiger partial charge is 0.306 e. The third-order valence-corrected chi connectivity index (χ3v) is 4.13. The SMILES string of the molecule is CC1CC(C(=O)N2CCC(C(=O)O)CC2)CCN1. The maximum Gasteiger partial charge on any atom is 0.306 e. The summed E-state index contributed by atoms with van der Waals surface area (Å²) in [6, 6.07) is 0.407. The zero-order valence-corrected chi connectivity index (χ0v) is 10.9. The lowest BCUT2D eigenvalue weighted by atomic mass is 9.90. The molecule has 0 bridgehead atoms. The number of rotatable bonds is 2. The van der Waals surface area contributed by atoms with Crippen LogP contribution in [0.1, 0.15) is 32.6 Å². The molecule has 1 amide bonds. The van der Waals surface area contributed by atoms with Crippen LogP contribution >= 0.6 is 0 Å². The molecule has 0 aliphatic carbocycles. The van der Waals surface area contributed by atoms with Crippen molar-refractivity contribution in [1.29, 1.82) is 0 Å². The molecule has 0 saturated carbocycles. The Hall–Kier alpha value is -1.10. The van der Waals surface area contributed by atoms with E-state index in [4.69, 9.17) is 5.11 Å². The van der Waals surface area contributed by atoms with E-state index in [1.165, 1.54) is 0 Å². The van der Waals surface area contributed by atoms with Gasteiger partial charge in [-0.15, -0.1) is 0 Å². The average Bonchev–Trinajstić information content (AvgIpc) is 2.38. The monoisotopic (exact) mass is 254 g/mol. The Bertz CT molecular complexity index is 324. The fourth-order valence-electron chi connectivity index (χ4n) is 2.96. The molecule has 2 atom stereocenters. The number of carboxylic acids is 1. The first-order chi connectivity index (χ1) is 8.58. The van der Waals surface area contributed by atoms with Gasteiger partial charge in [-0.3, -0.25) is 9.59 Å². The molecule has 18 heavy (non-hydrogen) atoms. The van der Waals surface area contributed by atoms with Gasteiger partial charge in [-0.1, -0.05) is 0 Å². The van der Waals surface area contributed by atoms with E-state index < -0.39 is 5.97 Å². The fraction of sp³-hybridized carbons (Fsp3) is 0.846. The number of nitrogens with zero attached hydrogens (tertiary/aromatic N) is 1. The van der Waals surface area contributed by atoms with Gasteiger partial charge in [-0.25, -0.2) is 0 Å². The average molecular weight is 254 g/mol. The highest BCUT2D eigenvalue weighted by atomic mass is 16.4. The van der Waals surface area contributed by atoms with Gasteiger partial charge < -0.3 is 15.3 Å². The number of carbonyl (C=O) groups excluding carboxylic acids is 1. The summed E-state index contributed by atoms with van der Waals surface area (Å²) >= 11 is 0. The molecule has 0 aromatic rings. The van der Waals surface area contributed by atoms with Gasteiger partial charge in [0.25, 0.3) is 0 Å². The van der Waals surface area contributed by atoms with Gasteiger partial charge in [-0.05, 0) is 39.2 Å². The summed E-state index contributed by atoms with van der Waals surface area (Å²) < 4.78 is 0. The Labute approximate surface area is 108 Å². The maximum atomic E-state index is 12.3. The number of likely N-dealkylation sites (tertiary alicyclic amines) is 1. The first kappa shape index (κ1) is 13.3. The summed E-state index contributed by atoms with van der Waals surface area (Å²) in [5.74, 6) is -0.631. The first-order valence-corrected chi connectivity index (χ1v) is 6.83. The van der Waals surface area contributed by atoms with Crippen molar-refractivity contribution >= 4 is 11.9 Å². The predicted molar refractivity (Wildman–Crippen MR) is 67.1 cm³/mol. The molecule has 0 radical (unpaired) electrons. The molecule has 2 fully saturated rings. The van der Waals surface area contributed by atoms with Crippen LogP contribution < -0.4 is 5.32 Å². The van der Waals surface area contributed by atoms with Gasteiger partial charge in [0, 0.05) is 25.0 Å². The number of amides is 1. The minimum absolute atomic E-state index is 0.127. The first-order valence-electron chi connectivity index (χ1n) is 6.83. The molecule has 102 valence electrons. The predicted octanol–water partition coefficient (Wildman–Crippen LogP) is 0.698. The van der Waals surface area contributed by atoms with Crippen LogP contribution in [0.25, 0.3) is 0 Å². The van der Waals surface area contributed by atoms with Crippen LogP contribution in [0.15, 0.2) is 0 Å². The summed E-state index contributed by atoms with van der Waals surface area (Å²) in [5, 5.41) is 12.3. The molecule has 5 heteroatoms. The second-order valence-electron chi connectivity index (χ2n) is 5.51. The van der Waals surface area contributed by atoms with Crippen LogP contribution in [0.3, 0.4) is 0 Å². The molecule has 2 rings (SSSR count). The Kier molecular flexibility index (Phi) is 4.22. The van der Waals surface area contributed by atoms with Crippen LogP contribution in [-0.2, 0) is 9.59 Å². The molecule has 0 spiro atoms. The molecule has 2 N–H and O–H groups in total. The molecule has 2 heterocycles. The highest BCUT2D eigenvalue weighted by Gasteiger charge is 2.32.